The molecule has 1 aromatic heterocycles. The van der Waals surface area contributed by atoms with Crippen LogP contribution >= 0.6 is 0 Å². The summed E-state index contributed by atoms with van der Waals surface area (Å²) < 4.78 is 16.3. The first-order chi connectivity index (χ1) is 11.1. The summed E-state index contributed by atoms with van der Waals surface area (Å²) in [6.07, 6.45) is 0.137. The molecule has 6 heteroatoms. The highest BCUT2D eigenvalue weighted by Gasteiger charge is 2.16. The number of nitrogens with zero attached hydrogens (tertiary/aromatic N) is 1. The average Bonchev–Trinajstić information content (AvgIpc) is 2.93. The predicted molar refractivity (Wildman–Crippen MR) is 88.1 cm³/mol. The Morgan fingerprint density at radius 1 is 1.30 bits per heavy atom. The van der Waals surface area contributed by atoms with Crippen LogP contribution in [0.2, 0.25) is 0 Å². The van der Waals surface area contributed by atoms with Crippen molar-refractivity contribution in [2.24, 2.45) is 0 Å². The van der Waals surface area contributed by atoms with Gasteiger partial charge in [-0.3, -0.25) is 9.69 Å². The fraction of sp³-hybridized carbons (Fsp3) is 0.471. The highest BCUT2D eigenvalue weighted by molar-refractivity contribution is 5.83. The van der Waals surface area contributed by atoms with Gasteiger partial charge in [0.05, 0.1) is 11.6 Å². The summed E-state index contributed by atoms with van der Waals surface area (Å²) in [6.45, 7) is 6.27. The Hall–Kier alpha value is -2.05. The second-order valence-electron chi connectivity index (χ2n) is 5.88. The Balaban J connectivity index is 1.82. The molecule has 0 bridgehead atoms. The molecule has 0 saturated carbocycles. The lowest BCUT2D eigenvalue weighted by molar-refractivity contribution is 0.0503. The SMILES string of the molecule is CCO[C@@H](C)CN(C)Cc1cc2cc3c(cc2[nH]c1=O)OCO3. The fourth-order valence-corrected chi connectivity index (χ4v) is 2.89. The minimum Gasteiger partial charge on any atom is -0.454 e. The summed E-state index contributed by atoms with van der Waals surface area (Å²) in [5.74, 6) is 1.39. The third kappa shape index (κ3) is 3.48. The first-order valence-electron chi connectivity index (χ1n) is 7.82. The van der Waals surface area contributed by atoms with E-state index in [1.54, 1.807) is 0 Å². The number of rotatable bonds is 6. The van der Waals surface area contributed by atoms with E-state index in [1.807, 2.05) is 39.1 Å². The molecular formula is C17H22N2O4. The van der Waals surface area contributed by atoms with E-state index in [9.17, 15) is 4.79 Å². The number of pyridine rings is 1. The lowest BCUT2D eigenvalue weighted by Crippen LogP contribution is -2.31. The molecule has 0 amide bonds. The first-order valence-corrected chi connectivity index (χ1v) is 7.82. The van der Waals surface area contributed by atoms with Crippen LogP contribution in [0.1, 0.15) is 19.4 Å². The summed E-state index contributed by atoms with van der Waals surface area (Å²) >= 11 is 0. The summed E-state index contributed by atoms with van der Waals surface area (Å²) in [7, 11) is 1.98. The lowest BCUT2D eigenvalue weighted by atomic mass is 10.1. The van der Waals surface area contributed by atoms with E-state index in [1.165, 1.54) is 0 Å². The zero-order valence-corrected chi connectivity index (χ0v) is 13.7. The Labute approximate surface area is 135 Å². The summed E-state index contributed by atoms with van der Waals surface area (Å²) in [6, 6.07) is 5.63. The van der Waals surface area contributed by atoms with Gasteiger partial charge >= 0.3 is 0 Å². The molecule has 0 spiro atoms. The number of aromatic nitrogens is 1. The Kier molecular flexibility index (Phi) is 4.54. The molecule has 3 rings (SSSR count). The molecular weight excluding hydrogens is 296 g/mol. The second kappa shape index (κ2) is 6.60. The number of hydrogen-bond donors (Lipinski definition) is 1. The van der Waals surface area contributed by atoms with Crippen molar-refractivity contribution in [3.8, 4) is 11.5 Å². The molecule has 124 valence electrons. The van der Waals surface area contributed by atoms with Crippen LogP contribution in [-0.2, 0) is 11.3 Å². The Morgan fingerprint density at radius 3 is 2.78 bits per heavy atom. The molecule has 1 N–H and O–H groups in total. The Bertz CT molecular complexity index is 756. The van der Waals surface area contributed by atoms with Crippen molar-refractivity contribution in [3.05, 3.63) is 34.1 Å². The first kappa shape index (κ1) is 15.8. The van der Waals surface area contributed by atoms with E-state index in [0.29, 0.717) is 24.7 Å². The summed E-state index contributed by atoms with van der Waals surface area (Å²) in [5, 5.41) is 0.940. The van der Waals surface area contributed by atoms with Gasteiger partial charge < -0.3 is 19.2 Å². The van der Waals surface area contributed by atoms with Crippen molar-refractivity contribution in [2.75, 3.05) is 27.0 Å². The standard InChI is InChI=1S/C17H22N2O4/c1-4-21-11(2)8-19(3)9-13-5-12-6-15-16(23-10-22-15)7-14(12)18-17(13)20/h5-7,11H,4,8-10H2,1-3H3,(H,18,20)/t11-/m0/s1. The minimum absolute atomic E-state index is 0.0766. The van der Waals surface area contributed by atoms with Gasteiger partial charge in [0.15, 0.2) is 11.5 Å². The molecule has 0 radical (unpaired) electrons. The molecule has 6 nitrogen and oxygen atoms in total. The smallest absolute Gasteiger partial charge is 0.252 e. The molecule has 1 aromatic carbocycles. The number of likely N-dealkylation sites (N-methyl/N-ethyl adjacent to an activating group) is 1. The number of fused-ring (bicyclic) bond motifs is 2. The van der Waals surface area contributed by atoms with Crippen molar-refractivity contribution >= 4 is 10.9 Å². The van der Waals surface area contributed by atoms with Gasteiger partial charge in [-0.15, -0.1) is 0 Å². The van der Waals surface area contributed by atoms with E-state index >= 15 is 0 Å². The molecule has 0 unspecified atom stereocenters. The molecule has 0 aliphatic carbocycles. The molecule has 0 fully saturated rings. The van der Waals surface area contributed by atoms with Crippen LogP contribution in [0.3, 0.4) is 0 Å². The zero-order chi connectivity index (χ0) is 16.4. The third-order valence-electron chi connectivity index (χ3n) is 3.87. The van der Waals surface area contributed by atoms with Crippen LogP contribution in [0.25, 0.3) is 10.9 Å². The molecule has 23 heavy (non-hydrogen) atoms. The van der Waals surface area contributed by atoms with Crippen molar-refractivity contribution in [3.63, 3.8) is 0 Å². The summed E-state index contributed by atoms with van der Waals surface area (Å²) in [4.78, 5) is 17.3. The van der Waals surface area contributed by atoms with Crippen molar-refractivity contribution < 1.29 is 14.2 Å². The quantitative estimate of drug-likeness (QED) is 0.884. The molecule has 2 aromatic rings. The second-order valence-corrected chi connectivity index (χ2v) is 5.88. The molecule has 0 saturated heterocycles. The number of nitrogens with one attached hydrogen (secondary N) is 1. The van der Waals surface area contributed by atoms with Crippen molar-refractivity contribution in [1.82, 2.24) is 9.88 Å². The summed E-state index contributed by atoms with van der Waals surface area (Å²) in [5.41, 5.74) is 1.41. The van der Waals surface area contributed by atoms with Crippen molar-refractivity contribution in [2.45, 2.75) is 26.5 Å². The van der Waals surface area contributed by atoms with E-state index in [0.717, 1.165) is 23.0 Å². The van der Waals surface area contributed by atoms with Crippen LogP contribution in [-0.4, -0.2) is 43.0 Å². The van der Waals surface area contributed by atoms with Crippen LogP contribution in [0, 0.1) is 0 Å². The van der Waals surface area contributed by atoms with Crippen LogP contribution in [0.5, 0.6) is 11.5 Å². The van der Waals surface area contributed by atoms with Gasteiger partial charge in [-0.2, -0.15) is 0 Å². The van der Waals surface area contributed by atoms with Crippen LogP contribution in [0.15, 0.2) is 23.0 Å². The van der Waals surface area contributed by atoms with E-state index in [2.05, 4.69) is 9.88 Å². The fourth-order valence-electron chi connectivity index (χ4n) is 2.89. The highest BCUT2D eigenvalue weighted by atomic mass is 16.7. The van der Waals surface area contributed by atoms with Gasteiger partial charge in [0.25, 0.3) is 5.56 Å². The highest BCUT2D eigenvalue weighted by Crippen LogP contribution is 2.35. The van der Waals surface area contributed by atoms with Gasteiger partial charge in [0, 0.05) is 36.7 Å². The third-order valence-corrected chi connectivity index (χ3v) is 3.87. The lowest BCUT2D eigenvalue weighted by Gasteiger charge is -2.21. The van der Waals surface area contributed by atoms with Gasteiger partial charge in [-0.1, -0.05) is 0 Å². The molecule has 1 atom stereocenters. The van der Waals surface area contributed by atoms with Crippen molar-refractivity contribution in [1.29, 1.82) is 0 Å². The zero-order valence-electron chi connectivity index (χ0n) is 13.7. The van der Waals surface area contributed by atoms with Gasteiger partial charge in [-0.25, -0.2) is 0 Å². The normalized spacial score (nSPS) is 14.6. The molecule has 1 aliphatic rings. The largest absolute Gasteiger partial charge is 0.454 e. The van der Waals surface area contributed by atoms with E-state index in [-0.39, 0.29) is 18.5 Å². The van der Waals surface area contributed by atoms with Gasteiger partial charge in [-0.05, 0) is 33.0 Å². The average molecular weight is 318 g/mol. The number of benzene rings is 1. The topological polar surface area (TPSA) is 63.8 Å². The van der Waals surface area contributed by atoms with Gasteiger partial charge in [0.2, 0.25) is 6.79 Å². The Morgan fingerprint density at radius 2 is 2.04 bits per heavy atom. The maximum absolute atomic E-state index is 12.3. The van der Waals surface area contributed by atoms with Gasteiger partial charge in [0.1, 0.15) is 0 Å². The van der Waals surface area contributed by atoms with E-state index in [4.69, 9.17) is 14.2 Å². The van der Waals surface area contributed by atoms with Crippen LogP contribution < -0.4 is 15.0 Å². The number of hydrogen-bond acceptors (Lipinski definition) is 5. The molecule has 2 heterocycles. The van der Waals surface area contributed by atoms with Crippen LogP contribution in [0.4, 0.5) is 0 Å². The molecule has 1 aliphatic heterocycles. The maximum atomic E-state index is 12.3. The van der Waals surface area contributed by atoms with E-state index < -0.39 is 0 Å². The number of ether oxygens (including phenoxy) is 3. The number of aromatic amines is 1. The monoisotopic (exact) mass is 318 g/mol. The minimum atomic E-state index is -0.0766. The maximum Gasteiger partial charge on any atom is 0.252 e. The predicted octanol–water partition coefficient (Wildman–Crippen LogP) is 2.11. The number of H-pyrrole nitrogens is 1.